The van der Waals surface area contributed by atoms with Crippen molar-refractivity contribution in [2.75, 3.05) is 6.61 Å². The summed E-state index contributed by atoms with van der Waals surface area (Å²) in [6.07, 6.45) is 0.995. The molecule has 0 radical (unpaired) electrons. The predicted octanol–water partition coefficient (Wildman–Crippen LogP) is 3.34. The van der Waals surface area contributed by atoms with Crippen molar-refractivity contribution < 1.29 is 9.47 Å². The maximum Gasteiger partial charge on any atom is 0.122 e. The second kappa shape index (κ2) is 7.33. The molecule has 2 aromatic carbocycles. The van der Waals surface area contributed by atoms with Crippen LogP contribution in [0.15, 0.2) is 48.5 Å². The number of nitrogen functional groups attached to an aromatic ring is 1. The topological polar surface area (TPSA) is 68.3 Å². The molecule has 0 atom stereocenters. The van der Waals surface area contributed by atoms with Crippen LogP contribution in [-0.4, -0.2) is 12.4 Å². The van der Waals surface area contributed by atoms with Gasteiger partial charge in [-0.05, 0) is 36.2 Å². The molecular formula is C17H20N2O2. The van der Waals surface area contributed by atoms with Gasteiger partial charge in [-0.25, -0.2) is 0 Å². The number of rotatable bonds is 7. The summed E-state index contributed by atoms with van der Waals surface area (Å²) in [4.78, 5) is 0. The highest BCUT2D eigenvalue weighted by molar-refractivity contribution is 5.94. The van der Waals surface area contributed by atoms with E-state index in [9.17, 15) is 0 Å². The molecule has 4 nitrogen and oxygen atoms in total. The summed E-state index contributed by atoms with van der Waals surface area (Å²) in [5.41, 5.74) is 7.17. The maximum atomic E-state index is 7.35. The van der Waals surface area contributed by atoms with Crippen LogP contribution in [0, 0.1) is 5.41 Å². The minimum atomic E-state index is 0.0742. The smallest absolute Gasteiger partial charge is 0.122 e. The van der Waals surface area contributed by atoms with Crippen molar-refractivity contribution in [3.8, 4) is 11.5 Å². The first kappa shape index (κ1) is 14.9. The molecule has 0 spiro atoms. The van der Waals surface area contributed by atoms with Crippen molar-refractivity contribution in [2.24, 2.45) is 5.73 Å². The van der Waals surface area contributed by atoms with E-state index in [1.165, 1.54) is 0 Å². The molecule has 0 bridgehead atoms. The number of amidine groups is 1. The average Bonchev–Trinajstić information content (AvgIpc) is 2.52. The average molecular weight is 284 g/mol. The third-order valence-electron chi connectivity index (χ3n) is 2.97. The lowest BCUT2D eigenvalue weighted by Gasteiger charge is -2.08. The minimum absolute atomic E-state index is 0.0742. The summed E-state index contributed by atoms with van der Waals surface area (Å²) in [5.74, 6) is 1.73. The Morgan fingerprint density at radius 1 is 0.952 bits per heavy atom. The first-order valence-electron chi connectivity index (χ1n) is 6.98. The van der Waals surface area contributed by atoms with Gasteiger partial charge in [-0.1, -0.05) is 31.2 Å². The molecule has 3 N–H and O–H groups in total. The van der Waals surface area contributed by atoms with Crippen molar-refractivity contribution >= 4 is 5.84 Å². The van der Waals surface area contributed by atoms with Gasteiger partial charge in [-0.3, -0.25) is 5.41 Å². The maximum absolute atomic E-state index is 7.35. The van der Waals surface area contributed by atoms with E-state index >= 15 is 0 Å². The molecule has 0 aliphatic rings. The monoisotopic (exact) mass is 284 g/mol. The summed E-state index contributed by atoms with van der Waals surface area (Å²) in [7, 11) is 0. The van der Waals surface area contributed by atoms with Crippen LogP contribution >= 0.6 is 0 Å². The second-order valence-electron chi connectivity index (χ2n) is 4.72. The van der Waals surface area contributed by atoms with Crippen LogP contribution in [0.4, 0.5) is 0 Å². The molecule has 0 saturated carbocycles. The Hall–Kier alpha value is -2.49. The molecule has 0 unspecified atom stereocenters. The summed E-state index contributed by atoms with van der Waals surface area (Å²) < 4.78 is 11.2. The van der Waals surface area contributed by atoms with E-state index in [0.29, 0.717) is 6.61 Å². The number of nitrogens with one attached hydrogen (secondary N) is 1. The summed E-state index contributed by atoms with van der Waals surface area (Å²) in [6.45, 7) is 3.28. The van der Waals surface area contributed by atoms with Crippen LogP contribution in [-0.2, 0) is 6.61 Å². The Bertz CT molecular complexity index is 577. The van der Waals surface area contributed by atoms with Crippen LogP contribution in [0.25, 0.3) is 0 Å². The van der Waals surface area contributed by atoms with E-state index < -0.39 is 0 Å². The number of ether oxygens (including phenoxy) is 2. The van der Waals surface area contributed by atoms with Crippen molar-refractivity contribution in [2.45, 2.75) is 20.0 Å². The zero-order valence-electron chi connectivity index (χ0n) is 12.1. The standard InChI is InChI=1S/C17H20N2O2/c1-2-11-20-15-7-9-16(10-8-15)21-12-13-3-5-14(6-4-13)17(18)19/h3-10H,2,11-12H2,1H3,(H3,18,19). The van der Waals surface area contributed by atoms with Crippen LogP contribution in [0.1, 0.15) is 24.5 Å². The Morgan fingerprint density at radius 2 is 1.52 bits per heavy atom. The van der Waals surface area contributed by atoms with E-state index in [1.807, 2.05) is 48.5 Å². The van der Waals surface area contributed by atoms with Crippen LogP contribution in [0.2, 0.25) is 0 Å². The number of hydrogen-bond donors (Lipinski definition) is 2. The summed E-state index contributed by atoms with van der Waals surface area (Å²) in [5, 5.41) is 7.35. The highest BCUT2D eigenvalue weighted by Gasteiger charge is 1.99. The zero-order chi connectivity index (χ0) is 15.1. The largest absolute Gasteiger partial charge is 0.494 e. The van der Waals surface area contributed by atoms with Gasteiger partial charge in [0.05, 0.1) is 6.61 Å². The molecule has 4 heteroatoms. The predicted molar refractivity (Wildman–Crippen MR) is 84.0 cm³/mol. The minimum Gasteiger partial charge on any atom is -0.494 e. The number of hydrogen-bond acceptors (Lipinski definition) is 3. The van der Waals surface area contributed by atoms with Gasteiger partial charge in [0.25, 0.3) is 0 Å². The van der Waals surface area contributed by atoms with Gasteiger partial charge < -0.3 is 15.2 Å². The van der Waals surface area contributed by atoms with Crippen molar-refractivity contribution in [1.29, 1.82) is 5.41 Å². The van der Waals surface area contributed by atoms with Gasteiger partial charge in [0, 0.05) is 5.56 Å². The molecule has 0 aliphatic heterocycles. The fraction of sp³-hybridized carbons (Fsp3) is 0.235. The quantitative estimate of drug-likeness (QED) is 0.605. The van der Waals surface area contributed by atoms with Crippen molar-refractivity contribution in [3.63, 3.8) is 0 Å². The zero-order valence-corrected chi connectivity index (χ0v) is 12.1. The summed E-state index contributed by atoms with van der Waals surface area (Å²) >= 11 is 0. The fourth-order valence-electron chi connectivity index (χ4n) is 1.80. The fourth-order valence-corrected chi connectivity index (χ4v) is 1.80. The molecule has 2 aromatic rings. The molecule has 2 rings (SSSR count). The lowest BCUT2D eigenvalue weighted by atomic mass is 10.1. The molecular weight excluding hydrogens is 264 g/mol. The SMILES string of the molecule is CCCOc1ccc(OCc2ccc(C(=N)N)cc2)cc1. The van der Waals surface area contributed by atoms with Gasteiger partial charge in [-0.2, -0.15) is 0 Å². The number of nitrogens with two attached hydrogens (primary N) is 1. The molecule has 0 aromatic heterocycles. The van der Waals surface area contributed by atoms with Gasteiger partial charge in [0.15, 0.2) is 0 Å². The highest BCUT2D eigenvalue weighted by atomic mass is 16.5. The van der Waals surface area contributed by atoms with E-state index in [4.69, 9.17) is 20.6 Å². The Kier molecular flexibility index (Phi) is 5.21. The van der Waals surface area contributed by atoms with Crippen molar-refractivity contribution in [3.05, 3.63) is 59.7 Å². The molecule has 0 fully saturated rings. The van der Waals surface area contributed by atoms with E-state index in [0.717, 1.165) is 35.7 Å². The summed E-state index contributed by atoms with van der Waals surface area (Å²) in [6, 6.07) is 15.1. The van der Waals surface area contributed by atoms with Gasteiger partial charge >= 0.3 is 0 Å². The lowest BCUT2D eigenvalue weighted by Crippen LogP contribution is -2.10. The molecule has 0 saturated heterocycles. The van der Waals surface area contributed by atoms with E-state index in [-0.39, 0.29) is 5.84 Å². The number of benzene rings is 2. The molecule has 0 heterocycles. The van der Waals surface area contributed by atoms with Crippen LogP contribution < -0.4 is 15.2 Å². The van der Waals surface area contributed by atoms with Gasteiger partial charge in [-0.15, -0.1) is 0 Å². The Morgan fingerprint density at radius 3 is 2.05 bits per heavy atom. The second-order valence-corrected chi connectivity index (χ2v) is 4.72. The molecule has 110 valence electrons. The van der Waals surface area contributed by atoms with Gasteiger partial charge in [0.1, 0.15) is 23.9 Å². The van der Waals surface area contributed by atoms with E-state index in [2.05, 4.69) is 6.92 Å². The van der Waals surface area contributed by atoms with Gasteiger partial charge in [0.2, 0.25) is 0 Å². The normalized spacial score (nSPS) is 10.1. The first-order valence-corrected chi connectivity index (χ1v) is 6.98. The highest BCUT2D eigenvalue weighted by Crippen LogP contribution is 2.19. The van der Waals surface area contributed by atoms with E-state index in [1.54, 1.807) is 0 Å². The lowest BCUT2D eigenvalue weighted by molar-refractivity contribution is 0.301. The van der Waals surface area contributed by atoms with Crippen LogP contribution in [0.5, 0.6) is 11.5 Å². The third kappa shape index (κ3) is 4.53. The Labute approximate surface area is 125 Å². The molecule has 21 heavy (non-hydrogen) atoms. The Balaban J connectivity index is 1.88. The molecule has 0 aliphatic carbocycles. The first-order chi connectivity index (χ1) is 10.2. The van der Waals surface area contributed by atoms with Crippen LogP contribution in [0.3, 0.4) is 0 Å². The third-order valence-corrected chi connectivity index (χ3v) is 2.97. The molecule has 0 amide bonds. The van der Waals surface area contributed by atoms with Crippen molar-refractivity contribution in [1.82, 2.24) is 0 Å².